The normalized spacial score (nSPS) is 10.5. The van der Waals surface area contributed by atoms with Crippen molar-refractivity contribution in [2.45, 2.75) is 27.3 Å². The summed E-state index contributed by atoms with van der Waals surface area (Å²) >= 11 is 8.34. The first-order valence-corrected chi connectivity index (χ1v) is 11.8. The number of halogens is 2. The van der Waals surface area contributed by atoms with E-state index in [0.29, 0.717) is 35.4 Å². The average molecular weight is 565 g/mol. The lowest BCUT2D eigenvalue weighted by Crippen LogP contribution is -2.20. The van der Waals surface area contributed by atoms with Gasteiger partial charge >= 0.3 is 0 Å². The van der Waals surface area contributed by atoms with Gasteiger partial charge < -0.3 is 20.1 Å². The van der Waals surface area contributed by atoms with Gasteiger partial charge in [-0.2, -0.15) is 0 Å². The van der Waals surface area contributed by atoms with E-state index >= 15 is 0 Å². The fraction of sp³-hybridized carbons (Fsp3) is 0.240. The van der Waals surface area contributed by atoms with Crippen molar-refractivity contribution in [2.75, 3.05) is 23.8 Å². The lowest BCUT2D eigenvalue weighted by molar-refractivity contribution is -0.118. The molecule has 5 nitrogen and oxygen atoms in total. The smallest absolute Gasteiger partial charge is 0.262 e. The van der Waals surface area contributed by atoms with Crippen LogP contribution in [0.1, 0.15) is 23.6 Å². The van der Waals surface area contributed by atoms with E-state index in [4.69, 9.17) is 21.1 Å². The van der Waals surface area contributed by atoms with Gasteiger partial charge in [-0.25, -0.2) is 0 Å². The van der Waals surface area contributed by atoms with Crippen molar-refractivity contribution in [2.24, 2.45) is 0 Å². The number of hydrogen-bond acceptors (Lipinski definition) is 4. The second-order valence-electron chi connectivity index (χ2n) is 7.36. The van der Waals surface area contributed by atoms with Gasteiger partial charge in [-0.05, 0) is 96.5 Å². The lowest BCUT2D eigenvalue weighted by Gasteiger charge is -2.16. The first-order chi connectivity index (χ1) is 15.4. The number of benzene rings is 3. The van der Waals surface area contributed by atoms with Crippen molar-refractivity contribution in [1.29, 1.82) is 0 Å². The third-order valence-corrected chi connectivity index (χ3v) is 5.90. The summed E-state index contributed by atoms with van der Waals surface area (Å²) in [5.41, 5.74) is 4.91. The molecule has 0 saturated heterocycles. The van der Waals surface area contributed by atoms with Crippen molar-refractivity contribution in [3.63, 3.8) is 0 Å². The van der Waals surface area contributed by atoms with E-state index in [1.165, 1.54) is 5.56 Å². The number of carbonyl (C=O) groups is 1. The number of amides is 1. The first kappa shape index (κ1) is 24.2. The molecule has 7 heteroatoms. The Morgan fingerprint density at radius 2 is 1.84 bits per heavy atom. The molecule has 0 fully saturated rings. The van der Waals surface area contributed by atoms with Crippen molar-refractivity contribution >= 4 is 51.5 Å². The zero-order valence-corrected chi connectivity index (χ0v) is 21.2. The highest BCUT2D eigenvalue weighted by molar-refractivity contribution is 14.1. The van der Waals surface area contributed by atoms with Crippen LogP contribution < -0.4 is 20.1 Å². The summed E-state index contributed by atoms with van der Waals surface area (Å²) < 4.78 is 12.5. The standard InChI is InChI=1S/C25H26ClIN2O3/c1-4-31-23-12-18(14-28-19-7-5-6-16(2)10-19)11-22(27)25(23)32-15-24(30)29-20-9-8-17(3)21(26)13-20/h5-13,28H,4,14-15H2,1-3H3,(H,29,30). The molecular weight excluding hydrogens is 539 g/mol. The Kier molecular flexibility index (Phi) is 8.64. The van der Waals surface area contributed by atoms with Gasteiger partial charge in [0.25, 0.3) is 5.91 Å². The zero-order valence-electron chi connectivity index (χ0n) is 18.3. The van der Waals surface area contributed by atoms with Crippen LogP contribution in [0.25, 0.3) is 0 Å². The van der Waals surface area contributed by atoms with E-state index in [0.717, 1.165) is 20.4 Å². The number of rotatable bonds is 9. The summed E-state index contributed by atoms with van der Waals surface area (Å²) in [4.78, 5) is 12.4. The Morgan fingerprint density at radius 3 is 2.56 bits per heavy atom. The average Bonchev–Trinajstić information content (AvgIpc) is 2.74. The van der Waals surface area contributed by atoms with E-state index in [-0.39, 0.29) is 12.5 Å². The van der Waals surface area contributed by atoms with E-state index in [2.05, 4.69) is 52.3 Å². The predicted octanol–water partition coefficient (Wildman–Crippen LogP) is 6.59. The Balaban J connectivity index is 1.67. The number of aryl methyl sites for hydroxylation is 2. The van der Waals surface area contributed by atoms with Crippen LogP contribution >= 0.6 is 34.2 Å². The van der Waals surface area contributed by atoms with Gasteiger partial charge in [-0.3, -0.25) is 4.79 Å². The van der Waals surface area contributed by atoms with Crippen molar-refractivity contribution in [1.82, 2.24) is 0 Å². The van der Waals surface area contributed by atoms with Gasteiger partial charge in [0.1, 0.15) is 0 Å². The second-order valence-corrected chi connectivity index (χ2v) is 8.93. The number of carbonyl (C=O) groups excluding carboxylic acids is 1. The zero-order chi connectivity index (χ0) is 23.1. The maximum absolute atomic E-state index is 12.4. The molecule has 0 spiro atoms. The molecule has 0 radical (unpaired) electrons. The van der Waals surface area contributed by atoms with E-state index in [9.17, 15) is 4.79 Å². The maximum atomic E-state index is 12.4. The van der Waals surface area contributed by atoms with Gasteiger partial charge in [0.15, 0.2) is 18.1 Å². The van der Waals surface area contributed by atoms with Crippen LogP contribution in [-0.2, 0) is 11.3 Å². The monoisotopic (exact) mass is 564 g/mol. The molecule has 1 amide bonds. The highest BCUT2D eigenvalue weighted by Gasteiger charge is 2.14. The summed E-state index contributed by atoms with van der Waals surface area (Å²) in [6.45, 7) is 6.90. The number of nitrogens with one attached hydrogen (secondary N) is 2. The highest BCUT2D eigenvalue weighted by atomic mass is 127. The molecule has 0 unspecified atom stereocenters. The van der Waals surface area contributed by atoms with Gasteiger partial charge in [-0.15, -0.1) is 0 Å². The Bertz CT molecular complexity index is 1100. The van der Waals surface area contributed by atoms with E-state index < -0.39 is 0 Å². The molecule has 3 aromatic carbocycles. The van der Waals surface area contributed by atoms with E-state index in [1.807, 2.05) is 50.2 Å². The molecule has 0 aliphatic carbocycles. The minimum Gasteiger partial charge on any atom is -0.490 e. The molecule has 0 atom stereocenters. The lowest BCUT2D eigenvalue weighted by atomic mass is 10.1. The largest absolute Gasteiger partial charge is 0.490 e. The summed E-state index contributed by atoms with van der Waals surface area (Å²) in [6.07, 6.45) is 0. The second kappa shape index (κ2) is 11.4. The number of hydrogen-bond donors (Lipinski definition) is 2. The molecule has 2 N–H and O–H groups in total. The molecule has 0 heterocycles. The number of ether oxygens (including phenoxy) is 2. The molecule has 3 rings (SSSR count). The number of anilines is 2. The van der Waals surface area contributed by atoms with Crippen LogP contribution in [-0.4, -0.2) is 19.1 Å². The van der Waals surface area contributed by atoms with Crippen LogP contribution in [0.3, 0.4) is 0 Å². The summed E-state index contributed by atoms with van der Waals surface area (Å²) in [5, 5.41) is 6.84. The molecule has 0 aliphatic heterocycles. The molecule has 32 heavy (non-hydrogen) atoms. The SMILES string of the molecule is CCOc1cc(CNc2cccc(C)c2)cc(I)c1OCC(=O)Nc1ccc(C)c(Cl)c1. The van der Waals surface area contributed by atoms with Crippen LogP contribution in [0.2, 0.25) is 5.02 Å². The van der Waals surface area contributed by atoms with Gasteiger partial charge in [0, 0.05) is 22.9 Å². The van der Waals surface area contributed by atoms with Crippen LogP contribution in [0, 0.1) is 17.4 Å². The van der Waals surface area contributed by atoms with Crippen LogP contribution in [0.15, 0.2) is 54.6 Å². The molecule has 0 aliphatic rings. The minimum atomic E-state index is -0.270. The Hall–Kier alpha value is -2.45. The Morgan fingerprint density at radius 1 is 1.03 bits per heavy atom. The summed E-state index contributed by atoms with van der Waals surface area (Å²) in [7, 11) is 0. The van der Waals surface area contributed by atoms with Crippen molar-refractivity contribution in [3.8, 4) is 11.5 Å². The summed E-state index contributed by atoms with van der Waals surface area (Å²) in [5.74, 6) is 0.906. The van der Waals surface area contributed by atoms with Gasteiger partial charge in [0.05, 0.1) is 10.2 Å². The van der Waals surface area contributed by atoms with Crippen molar-refractivity contribution < 1.29 is 14.3 Å². The third-order valence-electron chi connectivity index (χ3n) is 4.69. The summed E-state index contributed by atoms with van der Waals surface area (Å²) in [6, 6.07) is 17.6. The minimum absolute atomic E-state index is 0.136. The molecular formula is C25H26ClIN2O3. The topological polar surface area (TPSA) is 59.6 Å². The van der Waals surface area contributed by atoms with Gasteiger partial charge in [-0.1, -0.05) is 29.8 Å². The third kappa shape index (κ3) is 6.77. The fourth-order valence-electron chi connectivity index (χ4n) is 3.09. The van der Waals surface area contributed by atoms with Crippen molar-refractivity contribution in [3.05, 3.63) is 79.9 Å². The molecule has 0 aromatic heterocycles. The first-order valence-electron chi connectivity index (χ1n) is 10.3. The quantitative estimate of drug-likeness (QED) is 0.288. The molecule has 168 valence electrons. The van der Waals surface area contributed by atoms with Crippen LogP contribution in [0.5, 0.6) is 11.5 Å². The van der Waals surface area contributed by atoms with E-state index in [1.54, 1.807) is 6.07 Å². The Labute approximate surface area is 207 Å². The predicted molar refractivity (Wildman–Crippen MR) is 139 cm³/mol. The molecule has 0 bridgehead atoms. The van der Waals surface area contributed by atoms with Gasteiger partial charge in [0.2, 0.25) is 0 Å². The highest BCUT2D eigenvalue weighted by Crippen LogP contribution is 2.34. The maximum Gasteiger partial charge on any atom is 0.262 e. The molecule has 0 saturated carbocycles. The fourth-order valence-corrected chi connectivity index (χ4v) is 4.09. The molecule has 3 aromatic rings. The van der Waals surface area contributed by atoms with Crippen LogP contribution in [0.4, 0.5) is 11.4 Å².